The summed E-state index contributed by atoms with van der Waals surface area (Å²) in [4.78, 5) is 0. The second-order valence-corrected chi connectivity index (χ2v) is 5.90. The van der Waals surface area contributed by atoms with Gasteiger partial charge in [-0.1, -0.05) is 29.3 Å². The minimum atomic E-state index is 0.560. The molecule has 0 aliphatic carbocycles. The van der Waals surface area contributed by atoms with Crippen LogP contribution in [0.15, 0.2) is 18.2 Å². The van der Waals surface area contributed by atoms with Gasteiger partial charge in [0.1, 0.15) is 0 Å². The third-order valence-electron chi connectivity index (χ3n) is 3.18. The number of nitrogens with zero attached hydrogens (tertiary/aromatic N) is 2. The van der Waals surface area contributed by atoms with Gasteiger partial charge in [-0.25, -0.2) is 0 Å². The van der Waals surface area contributed by atoms with Crippen molar-refractivity contribution in [3.8, 4) is 0 Å². The van der Waals surface area contributed by atoms with E-state index in [1.54, 1.807) is 13.1 Å². The van der Waals surface area contributed by atoms with Crippen LogP contribution in [0.25, 0.3) is 0 Å². The van der Waals surface area contributed by atoms with Crippen LogP contribution < -0.4 is 10.6 Å². The summed E-state index contributed by atoms with van der Waals surface area (Å²) in [6.07, 6.45) is 0. The standard InChI is InChI=1S/C14H16Cl2N4S/c1-8-13(18-14(21)17-3)9(2)20(19-8)7-10-4-5-11(15)6-12(10)16/h4-6H,7H2,1-3H3,(H2,17,18,21). The Morgan fingerprint density at radius 3 is 2.67 bits per heavy atom. The molecule has 0 aliphatic rings. The highest BCUT2D eigenvalue weighted by Crippen LogP contribution is 2.24. The Hall–Kier alpha value is -1.30. The highest BCUT2D eigenvalue weighted by Gasteiger charge is 2.13. The highest BCUT2D eigenvalue weighted by molar-refractivity contribution is 7.80. The van der Waals surface area contributed by atoms with Crippen molar-refractivity contribution >= 4 is 46.2 Å². The molecule has 0 fully saturated rings. The van der Waals surface area contributed by atoms with E-state index in [1.165, 1.54) is 0 Å². The van der Waals surface area contributed by atoms with Crippen LogP contribution in [0.4, 0.5) is 5.69 Å². The minimum Gasteiger partial charge on any atom is -0.366 e. The van der Waals surface area contributed by atoms with Crippen LogP contribution in [-0.2, 0) is 6.54 Å². The summed E-state index contributed by atoms with van der Waals surface area (Å²) in [5.74, 6) is 0. The van der Waals surface area contributed by atoms with E-state index in [9.17, 15) is 0 Å². The van der Waals surface area contributed by atoms with E-state index >= 15 is 0 Å². The molecule has 0 saturated carbocycles. The van der Waals surface area contributed by atoms with Gasteiger partial charge >= 0.3 is 0 Å². The third kappa shape index (κ3) is 3.67. The number of nitrogens with one attached hydrogen (secondary N) is 2. The van der Waals surface area contributed by atoms with Crippen LogP contribution in [0, 0.1) is 13.8 Å². The molecule has 4 nitrogen and oxygen atoms in total. The van der Waals surface area contributed by atoms with Crippen LogP contribution in [0.3, 0.4) is 0 Å². The number of aryl methyl sites for hydroxylation is 1. The Kier molecular flexibility index (Phi) is 5.08. The number of benzene rings is 1. The smallest absolute Gasteiger partial charge is 0.170 e. The van der Waals surface area contributed by atoms with Crippen molar-refractivity contribution in [3.63, 3.8) is 0 Å². The molecule has 21 heavy (non-hydrogen) atoms. The Bertz CT molecular complexity index is 682. The van der Waals surface area contributed by atoms with Crippen molar-refractivity contribution in [2.45, 2.75) is 20.4 Å². The number of thiocarbonyl (C=S) groups is 1. The SMILES string of the molecule is CNC(=S)Nc1c(C)nn(Cc2ccc(Cl)cc2Cl)c1C. The van der Waals surface area contributed by atoms with Crippen LogP contribution in [-0.4, -0.2) is 21.9 Å². The van der Waals surface area contributed by atoms with Gasteiger partial charge in [0.2, 0.25) is 0 Å². The van der Waals surface area contributed by atoms with E-state index in [1.807, 2.05) is 30.7 Å². The fourth-order valence-electron chi connectivity index (χ4n) is 2.02. The molecule has 1 aromatic heterocycles. The van der Waals surface area contributed by atoms with E-state index in [0.717, 1.165) is 22.6 Å². The van der Waals surface area contributed by atoms with Crippen LogP contribution in [0.1, 0.15) is 17.0 Å². The molecule has 0 bridgehead atoms. The molecule has 0 amide bonds. The Balaban J connectivity index is 2.29. The normalized spacial score (nSPS) is 10.5. The number of hydrogen-bond donors (Lipinski definition) is 2. The summed E-state index contributed by atoms with van der Waals surface area (Å²) in [5.41, 5.74) is 3.76. The van der Waals surface area contributed by atoms with Gasteiger partial charge in [0.25, 0.3) is 0 Å². The Morgan fingerprint density at radius 1 is 1.33 bits per heavy atom. The number of aromatic nitrogens is 2. The Morgan fingerprint density at radius 2 is 2.05 bits per heavy atom. The first-order valence-electron chi connectivity index (χ1n) is 6.39. The maximum absolute atomic E-state index is 6.21. The average Bonchev–Trinajstić information content (AvgIpc) is 2.69. The number of halogens is 2. The molecule has 2 aromatic rings. The second-order valence-electron chi connectivity index (χ2n) is 4.64. The van der Waals surface area contributed by atoms with Crippen LogP contribution in [0.2, 0.25) is 10.0 Å². The van der Waals surface area contributed by atoms with E-state index in [2.05, 4.69) is 15.7 Å². The maximum atomic E-state index is 6.21. The molecule has 2 N–H and O–H groups in total. The number of rotatable bonds is 3. The fourth-order valence-corrected chi connectivity index (χ4v) is 2.59. The van der Waals surface area contributed by atoms with E-state index < -0.39 is 0 Å². The average molecular weight is 343 g/mol. The lowest BCUT2D eigenvalue weighted by molar-refractivity contribution is 0.659. The van der Waals surface area contributed by atoms with Gasteiger partial charge in [0.15, 0.2) is 5.11 Å². The van der Waals surface area contributed by atoms with Gasteiger partial charge in [-0.05, 0) is 43.8 Å². The molecule has 2 rings (SSSR count). The Labute approximate surface area is 139 Å². The van der Waals surface area contributed by atoms with Crippen LogP contribution >= 0.6 is 35.4 Å². The first kappa shape index (κ1) is 16.1. The lowest BCUT2D eigenvalue weighted by Gasteiger charge is -2.09. The summed E-state index contributed by atoms with van der Waals surface area (Å²) >= 11 is 17.3. The molecule has 0 atom stereocenters. The van der Waals surface area contributed by atoms with Crippen molar-refractivity contribution in [2.75, 3.05) is 12.4 Å². The van der Waals surface area contributed by atoms with E-state index in [-0.39, 0.29) is 0 Å². The summed E-state index contributed by atoms with van der Waals surface area (Å²) in [6.45, 7) is 4.51. The predicted octanol–water partition coefficient (Wildman–Crippen LogP) is 3.77. The highest BCUT2D eigenvalue weighted by atomic mass is 35.5. The quantitative estimate of drug-likeness (QED) is 0.833. The van der Waals surface area contributed by atoms with Crippen molar-refractivity contribution in [2.24, 2.45) is 0 Å². The molecule has 0 aliphatic heterocycles. The zero-order valence-corrected chi connectivity index (χ0v) is 14.3. The molecule has 7 heteroatoms. The predicted molar refractivity (Wildman–Crippen MR) is 92.5 cm³/mol. The summed E-state index contributed by atoms with van der Waals surface area (Å²) in [6, 6.07) is 5.47. The summed E-state index contributed by atoms with van der Waals surface area (Å²) in [7, 11) is 1.78. The van der Waals surface area contributed by atoms with E-state index in [4.69, 9.17) is 35.4 Å². The van der Waals surface area contributed by atoms with Gasteiger partial charge in [-0.15, -0.1) is 0 Å². The lowest BCUT2D eigenvalue weighted by atomic mass is 10.2. The van der Waals surface area contributed by atoms with Crippen molar-refractivity contribution in [3.05, 3.63) is 45.2 Å². The summed E-state index contributed by atoms with van der Waals surface area (Å²) in [5, 5.41) is 12.4. The molecule has 0 radical (unpaired) electrons. The first-order chi connectivity index (χ1) is 9.92. The van der Waals surface area contributed by atoms with E-state index in [0.29, 0.717) is 21.7 Å². The first-order valence-corrected chi connectivity index (χ1v) is 7.55. The van der Waals surface area contributed by atoms with Gasteiger partial charge in [-0.3, -0.25) is 4.68 Å². The molecule has 0 unspecified atom stereocenters. The number of anilines is 1. The third-order valence-corrected chi connectivity index (χ3v) is 4.08. The zero-order chi connectivity index (χ0) is 15.6. The molecular formula is C14H16Cl2N4S. The van der Waals surface area contributed by atoms with Crippen molar-refractivity contribution in [1.29, 1.82) is 0 Å². The van der Waals surface area contributed by atoms with Crippen molar-refractivity contribution in [1.82, 2.24) is 15.1 Å². The van der Waals surface area contributed by atoms with Crippen LogP contribution in [0.5, 0.6) is 0 Å². The van der Waals surface area contributed by atoms with Gasteiger partial charge < -0.3 is 10.6 Å². The molecule has 1 heterocycles. The number of hydrogen-bond acceptors (Lipinski definition) is 2. The monoisotopic (exact) mass is 342 g/mol. The lowest BCUT2D eigenvalue weighted by Crippen LogP contribution is -2.24. The van der Waals surface area contributed by atoms with Crippen molar-refractivity contribution < 1.29 is 0 Å². The fraction of sp³-hybridized carbons (Fsp3) is 0.286. The molecule has 112 valence electrons. The largest absolute Gasteiger partial charge is 0.366 e. The topological polar surface area (TPSA) is 41.9 Å². The molecule has 0 spiro atoms. The molecule has 0 saturated heterocycles. The zero-order valence-electron chi connectivity index (χ0n) is 12.0. The van der Waals surface area contributed by atoms with Gasteiger partial charge in [0, 0.05) is 17.1 Å². The summed E-state index contributed by atoms with van der Waals surface area (Å²) < 4.78 is 1.89. The minimum absolute atomic E-state index is 0.560. The van der Waals surface area contributed by atoms with Gasteiger partial charge in [-0.2, -0.15) is 5.10 Å². The second kappa shape index (κ2) is 6.64. The van der Waals surface area contributed by atoms with Gasteiger partial charge in [0.05, 0.1) is 23.6 Å². The molecule has 1 aromatic carbocycles. The molecular weight excluding hydrogens is 327 g/mol. The maximum Gasteiger partial charge on any atom is 0.170 e.